The summed E-state index contributed by atoms with van der Waals surface area (Å²) in [5, 5.41) is 9.05. The molecule has 0 heterocycles. The van der Waals surface area contributed by atoms with Crippen LogP contribution in [0.15, 0.2) is 29.2 Å². The summed E-state index contributed by atoms with van der Waals surface area (Å²) < 4.78 is 26.4. The minimum Gasteiger partial charge on any atom is -0.210 e. The van der Waals surface area contributed by atoms with Crippen molar-refractivity contribution in [1.29, 1.82) is 5.26 Å². The maximum atomic E-state index is 12.0. The molecule has 1 aromatic rings. The van der Waals surface area contributed by atoms with Gasteiger partial charge in [-0.25, -0.2) is 13.1 Å². The van der Waals surface area contributed by atoms with E-state index in [1.54, 1.807) is 23.9 Å². The molecule has 17 heavy (non-hydrogen) atoms. The van der Waals surface area contributed by atoms with E-state index < -0.39 is 10.0 Å². The Morgan fingerprint density at radius 2 is 2.12 bits per heavy atom. The standard InChI is InChI=1S/C11H14N2O2S2/c1-9(16-2)8-13-17(14,15)11-6-4-3-5-10(11)7-12/h3-6,9,13H,8H2,1-2H3. The quantitative estimate of drug-likeness (QED) is 0.882. The van der Waals surface area contributed by atoms with Gasteiger partial charge >= 0.3 is 0 Å². The van der Waals surface area contributed by atoms with Gasteiger partial charge in [-0.1, -0.05) is 19.1 Å². The molecule has 1 rings (SSSR count). The number of nitrogens with zero attached hydrogens (tertiary/aromatic N) is 1. The first-order chi connectivity index (χ1) is 8.01. The maximum absolute atomic E-state index is 12.0. The van der Waals surface area contributed by atoms with E-state index in [4.69, 9.17) is 5.26 Å². The van der Waals surface area contributed by atoms with Gasteiger partial charge in [-0.3, -0.25) is 0 Å². The molecule has 0 spiro atoms. The molecule has 0 saturated carbocycles. The Labute approximate surface area is 106 Å². The molecule has 1 atom stereocenters. The lowest BCUT2D eigenvalue weighted by Crippen LogP contribution is -2.30. The number of nitriles is 1. The van der Waals surface area contributed by atoms with E-state index >= 15 is 0 Å². The second kappa shape index (κ2) is 6.05. The zero-order valence-electron chi connectivity index (χ0n) is 9.67. The number of hydrogen-bond donors (Lipinski definition) is 1. The summed E-state index contributed by atoms with van der Waals surface area (Å²) in [6.45, 7) is 2.28. The van der Waals surface area contributed by atoms with E-state index in [-0.39, 0.29) is 15.7 Å². The lowest BCUT2D eigenvalue weighted by atomic mass is 10.2. The maximum Gasteiger partial charge on any atom is 0.241 e. The Morgan fingerprint density at radius 3 is 2.71 bits per heavy atom. The molecule has 0 bridgehead atoms. The summed E-state index contributed by atoms with van der Waals surface area (Å²) in [5.41, 5.74) is 0.164. The number of sulfonamides is 1. The molecule has 1 N–H and O–H groups in total. The highest BCUT2D eigenvalue weighted by molar-refractivity contribution is 7.99. The predicted octanol–water partition coefficient (Wildman–Crippen LogP) is 1.59. The van der Waals surface area contributed by atoms with Gasteiger partial charge in [-0.15, -0.1) is 0 Å². The van der Waals surface area contributed by atoms with Crippen LogP contribution in [0.5, 0.6) is 0 Å². The zero-order valence-corrected chi connectivity index (χ0v) is 11.3. The summed E-state index contributed by atoms with van der Waals surface area (Å²) in [7, 11) is -3.59. The molecule has 0 aliphatic heterocycles. The van der Waals surface area contributed by atoms with Crippen LogP contribution in [0.3, 0.4) is 0 Å². The van der Waals surface area contributed by atoms with E-state index in [0.717, 1.165) is 0 Å². The van der Waals surface area contributed by atoms with Crippen LogP contribution < -0.4 is 4.72 Å². The zero-order chi connectivity index (χ0) is 12.9. The molecule has 0 aliphatic carbocycles. The molecule has 0 amide bonds. The number of rotatable bonds is 5. The van der Waals surface area contributed by atoms with Crippen molar-refractivity contribution in [3.8, 4) is 6.07 Å². The molecular weight excluding hydrogens is 256 g/mol. The highest BCUT2D eigenvalue weighted by Crippen LogP contribution is 2.14. The molecule has 1 aromatic carbocycles. The van der Waals surface area contributed by atoms with Gasteiger partial charge < -0.3 is 0 Å². The molecule has 6 heteroatoms. The van der Waals surface area contributed by atoms with Crippen molar-refractivity contribution in [2.45, 2.75) is 17.1 Å². The van der Waals surface area contributed by atoms with E-state index in [1.165, 1.54) is 12.1 Å². The first-order valence-electron chi connectivity index (χ1n) is 5.03. The van der Waals surface area contributed by atoms with Crippen LogP contribution in [0.1, 0.15) is 12.5 Å². The third-order valence-corrected chi connectivity index (χ3v) is 4.71. The molecule has 0 aliphatic rings. The largest absolute Gasteiger partial charge is 0.241 e. The monoisotopic (exact) mass is 270 g/mol. The van der Waals surface area contributed by atoms with Gasteiger partial charge in [0.05, 0.1) is 10.5 Å². The van der Waals surface area contributed by atoms with Crippen LogP contribution in [-0.2, 0) is 10.0 Å². The third-order valence-electron chi connectivity index (χ3n) is 2.26. The number of thioether (sulfide) groups is 1. The van der Waals surface area contributed by atoms with Crippen molar-refractivity contribution in [1.82, 2.24) is 4.72 Å². The summed E-state index contributed by atoms with van der Waals surface area (Å²) in [6.07, 6.45) is 1.92. The molecule has 1 unspecified atom stereocenters. The minimum atomic E-state index is -3.59. The average molecular weight is 270 g/mol. The number of nitrogens with one attached hydrogen (secondary N) is 1. The van der Waals surface area contributed by atoms with Crippen molar-refractivity contribution in [3.63, 3.8) is 0 Å². The molecule has 0 fully saturated rings. The van der Waals surface area contributed by atoms with Crippen molar-refractivity contribution >= 4 is 21.8 Å². The molecular formula is C11H14N2O2S2. The minimum absolute atomic E-state index is 0.0378. The lowest BCUT2D eigenvalue weighted by molar-refractivity contribution is 0.581. The van der Waals surface area contributed by atoms with E-state index in [1.807, 2.05) is 19.2 Å². The summed E-state index contributed by atoms with van der Waals surface area (Å²) in [5.74, 6) is 0. The first kappa shape index (κ1) is 14.0. The van der Waals surface area contributed by atoms with Crippen molar-refractivity contribution in [3.05, 3.63) is 29.8 Å². The fourth-order valence-corrected chi connectivity index (χ4v) is 2.82. The molecule has 0 aromatic heterocycles. The van der Waals surface area contributed by atoms with E-state index in [2.05, 4.69) is 4.72 Å². The Bertz CT molecular complexity index is 521. The Hall–Kier alpha value is -1.03. The lowest BCUT2D eigenvalue weighted by Gasteiger charge is -2.11. The van der Waals surface area contributed by atoms with Crippen LogP contribution in [0.4, 0.5) is 0 Å². The van der Waals surface area contributed by atoms with Gasteiger partial charge in [-0.2, -0.15) is 17.0 Å². The van der Waals surface area contributed by atoms with Crippen LogP contribution in [0.2, 0.25) is 0 Å². The highest BCUT2D eigenvalue weighted by Gasteiger charge is 2.18. The highest BCUT2D eigenvalue weighted by atomic mass is 32.2. The summed E-state index contributed by atoms with van der Waals surface area (Å²) in [4.78, 5) is 0.0378. The van der Waals surface area contributed by atoms with Crippen LogP contribution >= 0.6 is 11.8 Å². The van der Waals surface area contributed by atoms with Gasteiger partial charge in [0.15, 0.2) is 0 Å². The molecule has 4 nitrogen and oxygen atoms in total. The molecule has 92 valence electrons. The van der Waals surface area contributed by atoms with Gasteiger partial charge in [0.25, 0.3) is 0 Å². The predicted molar refractivity (Wildman–Crippen MR) is 69.3 cm³/mol. The van der Waals surface area contributed by atoms with Crippen LogP contribution in [-0.4, -0.2) is 26.5 Å². The van der Waals surface area contributed by atoms with Gasteiger partial charge in [0, 0.05) is 11.8 Å². The molecule has 0 saturated heterocycles. The normalized spacial score (nSPS) is 13.0. The van der Waals surface area contributed by atoms with Gasteiger partial charge in [-0.05, 0) is 18.4 Å². The number of hydrogen-bond acceptors (Lipinski definition) is 4. The van der Waals surface area contributed by atoms with E-state index in [9.17, 15) is 8.42 Å². The van der Waals surface area contributed by atoms with Gasteiger partial charge in [0.2, 0.25) is 10.0 Å². The summed E-state index contributed by atoms with van der Waals surface area (Å²) in [6, 6.07) is 8.05. The van der Waals surface area contributed by atoms with Crippen molar-refractivity contribution in [2.75, 3.05) is 12.8 Å². The smallest absolute Gasteiger partial charge is 0.210 e. The third kappa shape index (κ3) is 3.73. The van der Waals surface area contributed by atoms with E-state index in [0.29, 0.717) is 6.54 Å². The fourth-order valence-electron chi connectivity index (χ4n) is 1.18. The Balaban J connectivity index is 2.95. The van der Waals surface area contributed by atoms with Crippen LogP contribution in [0.25, 0.3) is 0 Å². The van der Waals surface area contributed by atoms with Gasteiger partial charge in [0.1, 0.15) is 6.07 Å². The van der Waals surface area contributed by atoms with Crippen LogP contribution in [0, 0.1) is 11.3 Å². The second-order valence-electron chi connectivity index (χ2n) is 3.51. The average Bonchev–Trinajstić information content (AvgIpc) is 2.35. The van der Waals surface area contributed by atoms with Crippen molar-refractivity contribution < 1.29 is 8.42 Å². The topological polar surface area (TPSA) is 70.0 Å². The Kier molecular flexibility index (Phi) is 5.00. The van der Waals surface area contributed by atoms with Crippen molar-refractivity contribution in [2.24, 2.45) is 0 Å². The second-order valence-corrected chi connectivity index (χ2v) is 6.52. The number of benzene rings is 1. The first-order valence-corrected chi connectivity index (χ1v) is 7.80. The molecule has 0 radical (unpaired) electrons. The SMILES string of the molecule is CSC(C)CNS(=O)(=O)c1ccccc1C#N. The Morgan fingerprint density at radius 1 is 1.47 bits per heavy atom. The fraction of sp³-hybridized carbons (Fsp3) is 0.364. The summed E-state index contributed by atoms with van der Waals surface area (Å²) >= 11 is 1.58.